The molecular formula is C19H20F3NO4. The zero-order valence-corrected chi connectivity index (χ0v) is 15.0. The molecule has 0 bridgehead atoms. The van der Waals surface area contributed by atoms with E-state index in [9.17, 15) is 13.2 Å². The average Bonchev–Trinajstić information content (AvgIpc) is 2.66. The Kier molecular flexibility index (Phi) is 6.81. The summed E-state index contributed by atoms with van der Waals surface area (Å²) in [4.78, 5) is 0. The molecule has 0 aliphatic carbocycles. The third-order valence-electron chi connectivity index (χ3n) is 3.63. The second-order valence-corrected chi connectivity index (χ2v) is 5.39. The SMILES string of the molecule is COc1cc(/C=C\c2ccc(OC(F)C(F)F)c(N)c2)cc(OC)c1OC. The van der Waals surface area contributed by atoms with Crippen LogP contribution in [0.5, 0.6) is 23.0 Å². The topological polar surface area (TPSA) is 62.9 Å². The summed E-state index contributed by atoms with van der Waals surface area (Å²) in [6.45, 7) is 0. The van der Waals surface area contributed by atoms with Crippen molar-refractivity contribution in [3.8, 4) is 23.0 Å². The molecule has 0 amide bonds. The zero-order valence-electron chi connectivity index (χ0n) is 15.0. The molecule has 0 radical (unpaired) electrons. The van der Waals surface area contributed by atoms with Crippen LogP contribution < -0.4 is 24.7 Å². The summed E-state index contributed by atoms with van der Waals surface area (Å²) >= 11 is 0. The molecule has 27 heavy (non-hydrogen) atoms. The fraction of sp³-hybridized carbons (Fsp3) is 0.263. The third-order valence-corrected chi connectivity index (χ3v) is 3.63. The van der Waals surface area contributed by atoms with E-state index < -0.39 is 12.8 Å². The molecule has 0 aliphatic heterocycles. The molecule has 0 aromatic heterocycles. The maximum Gasteiger partial charge on any atom is 0.304 e. The summed E-state index contributed by atoms with van der Waals surface area (Å²) in [5.74, 6) is 1.33. The van der Waals surface area contributed by atoms with Gasteiger partial charge in [0.2, 0.25) is 5.75 Å². The Morgan fingerprint density at radius 1 is 0.815 bits per heavy atom. The first-order valence-electron chi connectivity index (χ1n) is 7.86. The quantitative estimate of drug-likeness (QED) is 0.541. The summed E-state index contributed by atoms with van der Waals surface area (Å²) in [6, 6.07) is 7.91. The van der Waals surface area contributed by atoms with Gasteiger partial charge < -0.3 is 24.7 Å². The lowest BCUT2D eigenvalue weighted by Crippen LogP contribution is -2.20. The van der Waals surface area contributed by atoms with E-state index in [-0.39, 0.29) is 11.4 Å². The minimum absolute atomic E-state index is 0.0466. The van der Waals surface area contributed by atoms with Gasteiger partial charge in [0.05, 0.1) is 27.0 Å². The van der Waals surface area contributed by atoms with Crippen LogP contribution in [0.4, 0.5) is 18.9 Å². The van der Waals surface area contributed by atoms with Gasteiger partial charge in [0, 0.05) is 0 Å². The minimum Gasteiger partial charge on any atom is -0.493 e. The average molecular weight is 383 g/mol. The van der Waals surface area contributed by atoms with Gasteiger partial charge in [-0.3, -0.25) is 0 Å². The predicted octanol–water partition coefficient (Wildman–Crippen LogP) is 4.40. The summed E-state index contributed by atoms with van der Waals surface area (Å²) in [7, 11) is 4.54. The summed E-state index contributed by atoms with van der Waals surface area (Å²) < 4.78 is 57.8. The van der Waals surface area contributed by atoms with Gasteiger partial charge in [-0.1, -0.05) is 18.2 Å². The van der Waals surface area contributed by atoms with Crippen molar-refractivity contribution in [3.05, 3.63) is 41.5 Å². The highest BCUT2D eigenvalue weighted by Gasteiger charge is 2.21. The Bertz CT molecular complexity index is 787. The molecule has 8 heteroatoms. The molecule has 1 unspecified atom stereocenters. The smallest absolute Gasteiger partial charge is 0.304 e. The molecular weight excluding hydrogens is 363 g/mol. The lowest BCUT2D eigenvalue weighted by molar-refractivity contribution is -0.0665. The molecule has 0 spiro atoms. The maximum absolute atomic E-state index is 13.0. The van der Waals surface area contributed by atoms with Crippen LogP contribution in [0.15, 0.2) is 30.3 Å². The number of halogens is 3. The second kappa shape index (κ2) is 9.07. The Labute approximate surface area is 155 Å². The van der Waals surface area contributed by atoms with Crippen molar-refractivity contribution in [2.24, 2.45) is 0 Å². The van der Waals surface area contributed by atoms with Gasteiger partial charge >= 0.3 is 6.43 Å². The summed E-state index contributed by atoms with van der Waals surface area (Å²) in [5, 5.41) is 0. The number of hydrogen-bond donors (Lipinski definition) is 1. The number of hydrogen-bond acceptors (Lipinski definition) is 5. The highest BCUT2D eigenvalue weighted by molar-refractivity contribution is 5.74. The van der Waals surface area contributed by atoms with Crippen molar-refractivity contribution in [1.82, 2.24) is 0 Å². The Morgan fingerprint density at radius 2 is 1.41 bits per heavy atom. The van der Waals surface area contributed by atoms with Crippen molar-refractivity contribution in [3.63, 3.8) is 0 Å². The minimum atomic E-state index is -3.25. The lowest BCUT2D eigenvalue weighted by atomic mass is 10.1. The number of anilines is 1. The number of alkyl halides is 3. The number of ether oxygens (including phenoxy) is 4. The van der Waals surface area contributed by atoms with Gasteiger partial charge in [0.1, 0.15) is 5.75 Å². The Balaban J connectivity index is 2.24. The number of rotatable bonds is 8. The molecule has 1 atom stereocenters. The van der Waals surface area contributed by atoms with Crippen LogP contribution in [0.25, 0.3) is 12.2 Å². The van der Waals surface area contributed by atoms with E-state index >= 15 is 0 Å². The molecule has 146 valence electrons. The lowest BCUT2D eigenvalue weighted by Gasteiger charge is -2.13. The van der Waals surface area contributed by atoms with E-state index in [4.69, 9.17) is 19.9 Å². The van der Waals surface area contributed by atoms with Crippen LogP contribution >= 0.6 is 0 Å². The molecule has 2 aromatic carbocycles. The fourth-order valence-electron chi connectivity index (χ4n) is 2.34. The van der Waals surface area contributed by atoms with Gasteiger partial charge in [0.25, 0.3) is 6.36 Å². The molecule has 2 N–H and O–H groups in total. The van der Waals surface area contributed by atoms with Crippen LogP contribution in [-0.2, 0) is 0 Å². The Morgan fingerprint density at radius 3 is 1.89 bits per heavy atom. The van der Waals surface area contributed by atoms with E-state index in [1.54, 1.807) is 30.4 Å². The van der Waals surface area contributed by atoms with Crippen molar-refractivity contribution in [1.29, 1.82) is 0 Å². The zero-order chi connectivity index (χ0) is 20.0. The van der Waals surface area contributed by atoms with Gasteiger partial charge in [-0.25, -0.2) is 8.78 Å². The molecule has 5 nitrogen and oxygen atoms in total. The van der Waals surface area contributed by atoms with E-state index in [1.165, 1.54) is 33.5 Å². The molecule has 2 rings (SSSR count). The van der Waals surface area contributed by atoms with Gasteiger partial charge in [-0.2, -0.15) is 4.39 Å². The number of nitrogen functional groups attached to an aromatic ring is 1. The number of nitrogens with two attached hydrogens (primary N) is 1. The molecule has 0 fully saturated rings. The largest absolute Gasteiger partial charge is 0.493 e. The van der Waals surface area contributed by atoms with Crippen molar-refractivity contribution < 1.29 is 32.1 Å². The fourth-order valence-corrected chi connectivity index (χ4v) is 2.34. The molecule has 0 aliphatic rings. The highest BCUT2D eigenvalue weighted by atomic mass is 19.3. The highest BCUT2D eigenvalue weighted by Crippen LogP contribution is 2.38. The van der Waals surface area contributed by atoms with E-state index in [2.05, 4.69) is 4.74 Å². The summed E-state index contributed by atoms with van der Waals surface area (Å²) in [5.41, 5.74) is 7.22. The van der Waals surface area contributed by atoms with Gasteiger partial charge in [-0.05, 0) is 35.4 Å². The first-order valence-corrected chi connectivity index (χ1v) is 7.86. The van der Waals surface area contributed by atoms with Gasteiger partial charge in [0.15, 0.2) is 11.5 Å². The third kappa shape index (κ3) is 4.99. The summed E-state index contributed by atoms with van der Waals surface area (Å²) in [6.07, 6.45) is -2.46. The predicted molar refractivity (Wildman–Crippen MR) is 97.4 cm³/mol. The standard InChI is InChI=1S/C19H20F3NO4/c1-24-15-9-12(10-16(25-2)17(15)26-3)5-4-11-6-7-14(13(23)8-11)27-19(22)18(20)21/h4-10,18-19H,23H2,1-3H3/b5-4-. The van der Waals surface area contributed by atoms with Crippen LogP contribution in [0.2, 0.25) is 0 Å². The van der Waals surface area contributed by atoms with Crippen LogP contribution in [0, 0.1) is 0 Å². The van der Waals surface area contributed by atoms with Gasteiger partial charge in [-0.15, -0.1) is 0 Å². The maximum atomic E-state index is 13.0. The first-order chi connectivity index (χ1) is 12.9. The van der Waals surface area contributed by atoms with Crippen molar-refractivity contribution >= 4 is 17.8 Å². The first kappa shape index (κ1) is 20.3. The van der Waals surface area contributed by atoms with E-state index in [1.807, 2.05) is 0 Å². The van der Waals surface area contributed by atoms with Crippen molar-refractivity contribution in [2.45, 2.75) is 12.8 Å². The van der Waals surface area contributed by atoms with E-state index in [0.29, 0.717) is 22.8 Å². The van der Waals surface area contributed by atoms with Crippen LogP contribution in [0.3, 0.4) is 0 Å². The van der Waals surface area contributed by atoms with Crippen LogP contribution in [-0.4, -0.2) is 34.1 Å². The van der Waals surface area contributed by atoms with Crippen LogP contribution in [0.1, 0.15) is 11.1 Å². The monoisotopic (exact) mass is 383 g/mol. The Hall–Kier alpha value is -3.03. The normalized spacial score (nSPS) is 12.3. The number of methoxy groups -OCH3 is 3. The second-order valence-electron chi connectivity index (χ2n) is 5.39. The number of benzene rings is 2. The molecule has 2 aromatic rings. The van der Waals surface area contributed by atoms with E-state index in [0.717, 1.165) is 5.56 Å². The molecule has 0 saturated carbocycles. The molecule has 0 saturated heterocycles. The van der Waals surface area contributed by atoms with Crippen molar-refractivity contribution in [2.75, 3.05) is 27.1 Å². The molecule has 0 heterocycles.